The van der Waals surface area contributed by atoms with Gasteiger partial charge < -0.3 is 13.9 Å². The van der Waals surface area contributed by atoms with Gasteiger partial charge in [-0.1, -0.05) is 63.9 Å². The summed E-state index contributed by atoms with van der Waals surface area (Å²) in [5.74, 6) is 1.86. The van der Waals surface area contributed by atoms with Gasteiger partial charge in [-0.25, -0.2) is 4.98 Å². The quantitative estimate of drug-likeness (QED) is 0.172. The summed E-state index contributed by atoms with van der Waals surface area (Å²) in [6.07, 6.45) is 1.57. The Balaban J connectivity index is 1.46. The predicted molar refractivity (Wildman–Crippen MR) is 161 cm³/mol. The van der Waals surface area contributed by atoms with Gasteiger partial charge in [0.25, 0.3) is 5.56 Å². The van der Waals surface area contributed by atoms with Crippen molar-refractivity contribution in [3.63, 3.8) is 0 Å². The SMILES string of the molecule is COc1cccc2oc(-c3nc4ccccc4c(=O)n3N=Cc3cc(Br)ccc3OCc3ccccc3Cl)cc12. The van der Waals surface area contributed by atoms with Crippen LogP contribution in [0.25, 0.3) is 33.5 Å². The van der Waals surface area contributed by atoms with E-state index in [9.17, 15) is 4.79 Å². The molecule has 0 N–H and O–H groups in total. The molecular weight excluding hydrogens is 594 g/mol. The van der Waals surface area contributed by atoms with Gasteiger partial charge in [0.05, 0.1) is 29.6 Å². The van der Waals surface area contributed by atoms with E-state index in [0.717, 1.165) is 15.4 Å². The van der Waals surface area contributed by atoms with Crippen LogP contribution < -0.4 is 15.0 Å². The molecule has 198 valence electrons. The number of para-hydroxylation sites is 1. The third-order valence-corrected chi connectivity index (χ3v) is 7.20. The number of nitrogens with zero attached hydrogens (tertiary/aromatic N) is 3. The van der Waals surface area contributed by atoms with Gasteiger partial charge in [0.15, 0.2) is 5.76 Å². The Morgan fingerprint density at radius 1 is 0.975 bits per heavy atom. The smallest absolute Gasteiger partial charge is 0.282 e. The molecule has 6 rings (SSSR count). The number of benzene rings is 4. The summed E-state index contributed by atoms with van der Waals surface area (Å²) in [4.78, 5) is 18.4. The Bertz CT molecular complexity index is 1960. The molecular formula is C31H21BrClN3O4. The lowest BCUT2D eigenvalue weighted by Gasteiger charge is -2.11. The molecule has 6 aromatic rings. The highest BCUT2D eigenvalue weighted by Crippen LogP contribution is 2.33. The van der Waals surface area contributed by atoms with Crippen LogP contribution in [0.2, 0.25) is 5.02 Å². The number of aromatic nitrogens is 2. The minimum atomic E-state index is -0.335. The van der Waals surface area contributed by atoms with E-state index in [4.69, 9.17) is 30.5 Å². The van der Waals surface area contributed by atoms with E-state index in [1.54, 1.807) is 37.6 Å². The van der Waals surface area contributed by atoms with Crippen LogP contribution in [0.15, 0.2) is 110 Å². The minimum absolute atomic E-state index is 0.256. The number of hydrogen-bond donors (Lipinski definition) is 0. The Morgan fingerprint density at radius 2 is 1.80 bits per heavy atom. The second-order valence-electron chi connectivity index (χ2n) is 8.86. The van der Waals surface area contributed by atoms with Gasteiger partial charge in [0, 0.05) is 20.6 Å². The van der Waals surface area contributed by atoms with E-state index in [1.165, 1.54) is 4.68 Å². The number of furan rings is 1. The maximum absolute atomic E-state index is 13.7. The summed E-state index contributed by atoms with van der Waals surface area (Å²) in [5.41, 5.74) is 2.31. The summed E-state index contributed by atoms with van der Waals surface area (Å²) < 4.78 is 19.8. The average molecular weight is 615 g/mol. The molecule has 0 spiro atoms. The van der Waals surface area contributed by atoms with E-state index in [-0.39, 0.29) is 18.0 Å². The molecule has 0 unspecified atom stereocenters. The number of rotatable bonds is 7. The molecule has 7 nitrogen and oxygen atoms in total. The zero-order valence-corrected chi connectivity index (χ0v) is 23.5. The minimum Gasteiger partial charge on any atom is -0.496 e. The third-order valence-electron chi connectivity index (χ3n) is 6.34. The zero-order valence-electron chi connectivity index (χ0n) is 21.2. The lowest BCUT2D eigenvalue weighted by molar-refractivity contribution is 0.306. The fourth-order valence-corrected chi connectivity index (χ4v) is 4.92. The van der Waals surface area contributed by atoms with Crippen molar-refractivity contribution >= 4 is 55.6 Å². The molecule has 4 aromatic carbocycles. The van der Waals surface area contributed by atoms with Crippen molar-refractivity contribution in [2.75, 3.05) is 7.11 Å². The van der Waals surface area contributed by atoms with Crippen LogP contribution in [0, 0.1) is 0 Å². The van der Waals surface area contributed by atoms with E-state index in [2.05, 4.69) is 21.0 Å². The van der Waals surface area contributed by atoms with Gasteiger partial charge >= 0.3 is 0 Å². The number of fused-ring (bicyclic) bond motifs is 2. The standard InChI is InChI=1S/C31H21BrClN3O4/c1-38-27-11-6-12-28-23(27)16-29(40-28)30-35-25-10-5-3-8-22(25)31(37)36(30)34-17-20-15-21(32)13-14-26(20)39-18-19-7-2-4-9-24(19)33/h2-17H,18H2,1H3. The molecule has 0 amide bonds. The molecule has 2 aromatic heterocycles. The molecule has 0 saturated carbocycles. The predicted octanol–water partition coefficient (Wildman–Crippen LogP) is 7.70. The summed E-state index contributed by atoms with van der Waals surface area (Å²) >= 11 is 9.83. The van der Waals surface area contributed by atoms with Crippen molar-refractivity contribution in [1.82, 2.24) is 9.66 Å². The second-order valence-corrected chi connectivity index (χ2v) is 10.2. The molecule has 40 heavy (non-hydrogen) atoms. The van der Waals surface area contributed by atoms with Crippen LogP contribution in [0.4, 0.5) is 0 Å². The molecule has 0 saturated heterocycles. The molecule has 0 radical (unpaired) electrons. The van der Waals surface area contributed by atoms with Crippen molar-refractivity contribution in [3.8, 4) is 23.1 Å². The summed E-state index contributed by atoms with van der Waals surface area (Å²) in [7, 11) is 1.60. The lowest BCUT2D eigenvalue weighted by Crippen LogP contribution is -2.20. The summed E-state index contributed by atoms with van der Waals surface area (Å²) in [5, 5.41) is 6.41. The second kappa shape index (κ2) is 11.0. The molecule has 0 fully saturated rings. The van der Waals surface area contributed by atoms with Gasteiger partial charge in [0.1, 0.15) is 23.7 Å². The average Bonchev–Trinajstić information content (AvgIpc) is 3.41. The van der Waals surface area contributed by atoms with Crippen LogP contribution >= 0.6 is 27.5 Å². The van der Waals surface area contributed by atoms with E-state index < -0.39 is 0 Å². The summed E-state index contributed by atoms with van der Waals surface area (Å²) in [6.45, 7) is 0.270. The first kappa shape index (κ1) is 25.9. The van der Waals surface area contributed by atoms with Gasteiger partial charge in [-0.2, -0.15) is 9.78 Å². The van der Waals surface area contributed by atoms with Crippen molar-refractivity contribution < 1.29 is 13.9 Å². The highest BCUT2D eigenvalue weighted by atomic mass is 79.9. The Kier molecular flexibility index (Phi) is 7.11. The van der Waals surface area contributed by atoms with Crippen molar-refractivity contribution in [2.45, 2.75) is 6.61 Å². The third kappa shape index (κ3) is 4.99. The maximum Gasteiger partial charge on any atom is 0.282 e. The largest absolute Gasteiger partial charge is 0.496 e. The molecule has 9 heteroatoms. The van der Waals surface area contributed by atoms with E-state index in [1.807, 2.05) is 66.7 Å². The van der Waals surface area contributed by atoms with E-state index >= 15 is 0 Å². The van der Waals surface area contributed by atoms with Crippen LogP contribution in [0.1, 0.15) is 11.1 Å². The molecule has 0 atom stereocenters. The monoisotopic (exact) mass is 613 g/mol. The van der Waals surface area contributed by atoms with Crippen LogP contribution in [0.5, 0.6) is 11.5 Å². The normalized spacial score (nSPS) is 11.5. The van der Waals surface area contributed by atoms with Crippen molar-refractivity contribution in [1.29, 1.82) is 0 Å². The number of hydrogen-bond acceptors (Lipinski definition) is 6. The Labute approximate surface area is 242 Å². The molecule has 0 bridgehead atoms. The van der Waals surface area contributed by atoms with Crippen LogP contribution in [-0.4, -0.2) is 23.0 Å². The van der Waals surface area contributed by atoms with Crippen LogP contribution in [0.3, 0.4) is 0 Å². The van der Waals surface area contributed by atoms with Crippen molar-refractivity contribution in [3.05, 3.63) is 122 Å². The first-order chi connectivity index (χ1) is 19.5. The molecule has 0 aliphatic rings. The summed E-state index contributed by atoms with van der Waals surface area (Å²) in [6, 6.07) is 27.5. The van der Waals surface area contributed by atoms with Crippen molar-refractivity contribution in [2.24, 2.45) is 5.10 Å². The number of halogens is 2. The first-order valence-corrected chi connectivity index (χ1v) is 13.5. The number of methoxy groups -OCH3 is 1. The first-order valence-electron chi connectivity index (χ1n) is 12.3. The van der Waals surface area contributed by atoms with Gasteiger partial charge in [0.2, 0.25) is 5.82 Å². The lowest BCUT2D eigenvalue weighted by atomic mass is 10.2. The highest BCUT2D eigenvalue weighted by molar-refractivity contribution is 9.10. The Hall–Kier alpha value is -4.40. The maximum atomic E-state index is 13.7. The molecule has 0 aliphatic carbocycles. The molecule has 0 aliphatic heterocycles. The van der Waals surface area contributed by atoms with Gasteiger partial charge in [-0.15, -0.1) is 0 Å². The highest BCUT2D eigenvalue weighted by Gasteiger charge is 2.18. The zero-order chi connectivity index (χ0) is 27.6. The van der Waals surface area contributed by atoms with Gasteiger partial charge in [-0.3, -0.25) is 4.79 Å². The number of ether oxygens (including phenoxy) is 2. The van der Waals surface area contributed by atoms with E-state index in [0.29, 0.717) is 44.3 Å². The fourth-order valence-electron chi connectivity index (χ4n) is 4.36. The fraction of sp³-hybridized carbons (Fsp3) is 0.0645. The van der Waals surface area contributed by atoms with Gasteiger partial charge in [-0.05, 0) is 54.6 Å². The van der Waals surface area contributed by atoms with Crippen LogP contribution in [-0.2, 0) is 6.61 Å². The Morgan fingerprint density at radius 3 is 2.65 bits per heavy atom. The molecule has 2 heterocycles. The topological polar surface area (TPSA) is 78.9 Å².